The van der Waals surface area contributed by atoms with Crippen molar-refractivity contribution in [3.05, 3.63) is 28.2 Å². The first-order valence-electron chi connectivity index (χ1n) is 5.90. The van der Waals surface area contributed by atoms with Crippen LogP contribution in [0.4, 0.5) is 10.5 Å². The molecule has 0 aromatic heterocycles. The second-order valence-electron chi connectivity index (χ2n) is 4.50. The summed E-state index contributed by atoms with van der Waals surface area (Å²) in [5, 5.41) is 15.5. The highest BCUT2D eigenvalue weighted by atomic mass is 35.5. The van der Waals surface area contributed by atoms with Gasteiger partial charge in [0, 0.05) is 0 Å². The summed E-state index contributed by atoms with van der Waals surface area (Å²) in [7, 11) is 1.19. The molecule has 2 rings (SSSR count). The van der Waals surface area contributed by atoms with E-state index in [2.05, 4.69) is 15.9 Å². The zero-order valence-corrected chi connectivity index (χ0v) is 12.8. The van der Waals surface area contributed by atoms with Gasteiger partial charge in [0.1, 0.15) is 0 Å². The van der Waals surface area contributed by atoms with E-state index in [1.54, 1.807) is 25.1 Å². The third kappa shape index (κ3) is 2.89. The van der Waals surface area contributed by atoms with Crippen LogP contribution in [0.3, 0.4) is 0 Å². The van der Waals surface area contributed by atoms with E-state index < -0.39 is 11.7 Å². The number of anilines is 1. The van der Waals surface area contributed by atoms with Crippen molar-refractivity contribution in [2.45, 2.75) is 18.9 Å². The first kappa shape index (κ1) is 15.4. The summed E-state index contributed by atoms with van der Waals surface area (Å²) in [6.45, 7) is 1.65. The van der Waals surface area contributed by atoms with Gasteiger partial charge in [0.25, 0.3) is 0 Å². The summed E-state index contributed by atoms with van der Waals surface area (Å²) >= 11 is 12.1. The normalized spacial score (nSPS) is 20.7. The van der Waals surface area contributed by atoms with Gasteiger partial charge in [-0.05, 0) is 19.1 Å². The van der Waals surface area contributed by atoms with E-state index in [0.717, 1.165) is 0 Å². The van der Waals surface area contributed by atoms with E-state index >= 15 is 0 Å². The van der Waals surface area contributed by atoms with E-state index in [0.29, 0.717) is 10.7 Å². The quantitative estimate of drug-likeness (QED) is 0.737. The average Bonchev–Trinajstić information content (AvgIpc) is 2.79. The highest BCUT2D eigenvalue weighted by Crippen LogP contribution is 2.39. The van der Waals surface area contributed by atoms with Crippen LogP contribution in [0, 0.1) is 11.3 Å². The second-order valence-corrected chi connectivity index (χ2v) is 5.28. The molecule has 0 amide bonds. The zero-order valence-electron chi connectivity index (χ0n) is 11.3. The minimum atomic E-state index is -1.04. The molecule has 0 saturated heterocycles. The predicted molar refractivity (Wildman–Crippen MR) is 78.5 cm³/mol. The van der Waals surface area contributed by atoms with Gasteiger partial charge in [-0.3, -0.25) is 0 Å². The number of nitrogens with zero attached hydrogens (tertiary/aromatic N) is 3. The van der Waals surface area contributed by atoms with Crippen LogP contribution in [0.15, 0.2) is 23.3 Å². The smallest absolute Gasteiger partial charge is 0.437 e. The Morgan fingerprint density at radius 2 is 2.24 bits per heavy atom. The van der Waals surface area contributed by atoms with Crippen molar-refractivity contribution in [3.63, 3.8) is 0 Å². The van der Waals surface area contributed by atoms with Crippen molar-refractivity contribution in [1.29, 1.82) is 5.26 Å². The minimum absolute atomic E-state index is 0.0712. The third-order valence-electron chi connectivity index (χ3n) is 2.94. The van der Waals surface area contributed by atoms with Crippen molar-refractivity contribution in [1.82, 2.24) is 0 Å². The number of hydrazone groups is 1. The number of hydrogen-bond acceptors (Lipinski definition) is 6. The van der Waals surface area contributed by atoms with Gasteiger partial charge in [0.15, 0.2) is 5.54 Å². The van der Waals surface area contributed by atoms with Gasteiger partial charge in [-0.15, -0.1) is 5.10 Å². The molecule has 1 aromatic rings. The van der Waals surface area contributed by atoms with Gasteiger partial charge in [0.05, 0.1) is 35.3 Å². The Morgan fingerprint density at radius 3 is 2.86 bits per heavy atom. The van der Waals surface area contributed by atoms with Gasteiger partial charge in [-0.1, -0.05) is 29.3 Å². The van der Waals surface area contributed by atoms with Gasteiger partial charge >= 0.3 is 6.16 Å². The summed E-state index contributed by atoms with van der Waals surface area (Å²) in [5.74, 6) is 0.0712. The number of methoxy groups -OCH3 is 1. The fraction of sp³-hybridized carbons (Fsp3) is 0.308. The summed E-state index contributed by atoms with van der Waals surface area (Å²) in [4.78, 5) is 11.2. The van der Waals surface area contributed by atoms with E-state index in [-0.39, 0.29) is 17.3 Å². The first-order chi connectivity index (χ1) is 9.91. The molecule has 0 radical (unpaired) electrons. The van der Waals surface area contributed by atoms with Crippen molar-refractivity contribution >= 4 is 40.9 Å². The molecule has 21 heavy (non-hydrogen) atoms. The Hall–Kier alpha value is -1.97. The van der Waals surface area contributed by atoms with Crippen LogP contribution in [0.2, 0.25) is 10.0 Å². The maximum atomic E-state index is 11.2. The highest BCUT2D eigenvalue weighted by molar-refractivity contribution is 6.43. The third-order valence-corrected chi connectivity index (χ3v) is 3.75. The van der Waals surface area contributed by atoms with E-state index in [4.69, 9.17) is 27.9 Å². The van der Waals surface area contributed by atoms with Crippen molar-refractivity contribution in [3.8, 4) is 6.07 Å². The topological polar surface area (TPSA) is 74.9 Å². The lowest BCUT2D eigenvalue weighted by Gasteiger charge is -2.27. The monoisotopic (exact) mass is 327 g/mol. The molecular weight excluding hydrogens is 317 g/mol. The molecule has 8 heteroatoms. The Morgan fingerprint density at radius 1 is 1.52 bits per heavy atom. The maximum Gasteiger partial charge on any atom is 0.514 e. The number of rotatable bonds is 1. The molecule has 6 nitrogen and oxygen atoms in total. The number of halogens is 2. The molecule has 0 fully saturated rings. The lowest BCUT2D eigenvalue weighted by Crippen LogP contribution is -2.38. The molecule has 1 atom stereocenters. The average molecular weight is 328 g/mol. The Kier molecular flexibility index (Phi) is 4.26. The van der Waals surface area contributed by atoms with Crippen LogP contribution in [-0.4, -0.2) is 24.7 Å². The largest absolute Gasteiger partial charge is 0.514 e. The predicted octanol–water partition coefficient (Wildman–Crippen LogP) is 3.58. The van der Waals surface area contributed by atoms with Crippen molar-refractivity contribution in [2.75, 3.05) is 12.1 Å². The van der Waals surface area contributed by atoms with Gasteiger partial charge in [-0.2, -0.15) is 5.26 Å². The molecule has 0 aliphatic carbocycles. The molecule has 1 aliphatic heterocycles. The number of carbonyl (C=O) groups is 1. The van der Waals surface area contributed by atoms with Gasteiger partial charge in [-0.25, -0.2) is 9.80 Å². The zero-order chi connectivity index (χ0) is 15.6. The Labute approximate surface area is 131 Å². The molecule has 0 N–H and O–H groups in total. The number of carbonyl (C=O) groups excluding carboxylic acids is 1. The Bertz CT molecular complexity index is 657. The number of nitriles is 1. The van der Waals surface area contributed by atoms with Crippen LogP contribution in [-0.2, 0) is 9.47 Å². The summed E-state index contributed by atoms with van der Waals surface area (Å²) in [6, 6.07) is 7.13. The molecule has 0 spiro atoms. The van der Waals surface area contributed by atoms with Crippen LogP contribution in [0.1, 0.15) is 13.3 Å². The maximum absolute atomic E-state index is 11.2. The first-order valence-corrected chi connectivity index (χ1v) is 6.65. The molecule has 1 unspecified atom stereocenters. The molecule has 0 saturated carbocycles. The number of benzene rings is 1. The van der Waals surface area contributed by atoms with Crippen LogP contribution in [0.25, 0.3) is 0 Å². The van der Waals surface area contributed by atoms with Crippen molar-refractivity contribution in [2.24, 2.45) is 5.10 Å². The Balaban J connectivity index is 2.41. The molecule has 110 valence electrons. The fourth-order valence-electron chi connectivity index (χ4n) is 1.88. The summed E-state index contributed by atoms with van der Waals surface area (Å²) < 4.78 is 9.31. The highest BCUT2D eigenvalue weighted by Gasteiger charge is 2.42. The molecular formula is C13H11Cl2N3O3. The SMILES string of the molecule is COC(=O)OC1=NN(c2cccc(Cl)c2Cl)C(C)(C#N)C1. The lowest BCUT2D eigenvalue weighted by atomic mass is 10.00. The van der Waals surface area contributed by atoms with Crippen LogP contribution in [0.5, 0.6) is 0 Å². The number of hydrogen-bond donors (Lipinski definition) is 0. The molecule has 1 heterocycles. The standard InChI is InChI=1S/C13H11Cl2N3O3/c1-13(7-16)6-10(21-12(19)20-2)17-18(13)9-5-3-4-8(14)11(9)15/h3-5H,6H2,1-2H3. The van der Waals surface area contributed by atoms with Crippen molar-refractivity contribution < 1.29 is 14.3 Å². The van der Waals surface area contributed by atoms with Gasteiger partial charge < -0.3 is 9.47 Å². The van der Waals surface area contributed by atoms with Crippen LogP contribution >= 0.6 is 23.2 Å². The summed E-state index contributed by atoms with van der Waals surface area (Å²) in [6.07, 6.45) is -0.783. The fourth-order valence-corrected chi connectivity index (χ4v) is 2.26. The molecule has 1 aliphatic rings. The summed E-state index contributed by atoms with van der Waals surface area (Å²) in [5.41, 5.74) is -0.589. The van der Waals surface area contributed by atoms with Gasteiger partial charge in [0.2, 0.25) is 5.90 Å². The second kappa shape index (κ2) is 5.80. The van der Waals surface area contributed by atoms with E-state index in [1.165, 1.54) is 12.1 Å². The lowest BCUT2D eigenvalue weighted by molar-refractivity contribution is 0.116. The van der Waals surface area contributed by atoms with E-state index in [1.807, 2.05) is 0 Å². The van der Waals surface area contributed by atoms with Crippen LogP contribution < -0.4 is 5.01 Å². The minimum Gasteiger partial charge on any atom is -0.437 e. The number of ether oxygens (including phenoxy) is 2. The van der Waals surface area contributed by atoms with E-state index in [9.17, 15) is 10.1 Å². The molecule has 1 aromatic carbocycles. The molecule has 0 bridgehead atoms.